The van der Waals surface area contributed by atoms with E-state index in [1.165, 1.54) is 10.5 Å². The van der Waals surface area contributed by atoms with E-state index in [0.717, 1.165) is 49.3 Å². The van der Waals surface area contributed by atoms with Crippen molar-refractivity contribution in [2.45, 2.75) is 24.2 Å². The third-order valence-corrected chi connectivity index (χ3v) is 5.70. The van der Waals surface area contributed by atoms with Crippen molar-refractivity contribution in [3.8, 4) is 0 Å². The fraction of sp³-hybridized carbons (Fsp3) is 0.474. The SMILES string of the molecule is CCNC(=NCCSc1ccc(Cl)cc1)N1CCC(c2cnn(C)c2)C1.I. The Labute approximate surface area is 188 Å². The summed E-state index contributed by atoms with van der Waals surface area (Å²) in [5, 5.41) is 8.52. The maximum atomic E-state index is 5.93. The van der Waals surface area contributed by atoms with Crippen LogP contribution in [0.4, 0.5) is 0 Å². The molecule has 1 saturated heterocycles. The van der Waals surface area contributed by atoms with Crippen molar-refractivity contribution in [1.82, 2.24) is 20.0 Å². The molecule has 0 radical (unpaired) electrons. The number of halogens is 2. The molecule has 0 spiro atoms. The lowest BCUT2D eigenvalue weighted by molar-refractivity contribution is 0.487. The van der Waals surface area contributed by atoms with E-state index in [1.54, 1.807) is 0 Å². The average molecular weight is 520 g/mol. The lowest BCUT2D eigenvalue weighted by atomic mass is 10.0. The number of hydrogen-bond acceptors (Lipinski definition) is 3. The van der Waals surface area contributed by atoms with E-state index in [1.807, 2.05) is 41.8 Å². The zero-order valence-electron chi connectivity index (χ0n) is 15.8. The molecule has 1 fully saturated rings. The minimum Gasteiger partial charge on any atom is -0.357 e. The van der Waals surface area contributed by atoms with Gasteiger partial charge >= 0.3 is 0 Å². The lowest BCUT2D eigenvalue weighted by Crippen LogP contribution is -2.40. The average Bonchev–Trinajstić information content (AvgIpc) is 3.28. The Kier molecular flexibility index (Phi) is 9.25. The van der Waals surface area contributed by atoms with Crippen molar-refractivity contribution >= 4 is 53.3 Å². The number of aromatic nitrogens is 2. The van der Waals surface area contributed by atoms with Crippen molar-refractivity contribution in [2.24, 2.45) is 12.0 Å². The first-order chi connectivity index (χ1) is 12.7. The van der Waals surface area contributed by atoms with Crippen LogP contribution in [0.15, 0.2) is 46.5 Å². The molecule has 1 aromatic heterocycles. The van der Waals surface area contributed by atoms with Crippen LogP contribution in [-0.2, 0) is 7.05 Å². The number of hydrogen-bond donors (Lipinski definition) is 1. The first-order valence-electron chi connectivity index (χ1n) is 9.06. The summed E-state index contributed by atoms with van der Waals surface area (Å²) >= 11 is 7.74. The highest BCUT2D eigenvalue weighted by Gasteiger charge is 2.26. The maximum Gasteiger partial charge on any atom is 0.193 e. The molecule has 0 bridgehead atoms. The van der Waals surface area contributed by atoms with Crippen molar-refractivity contribution < 1.29 is 0 Å². The number of benzene rings is 1. The van der Waals surface area contributed by atoms with Crippen LogP contribution >= 0.6 is 47.3 Å². The molecular formula is C19H27ClIN5S. The van der Waals surface area contributed by atoms with Gasteiger partial charge in [-0.1, -0.05) is 11.6 Å². The third kappa shape index (κ3) is 6.57. The van der Waals surface area contributed by atoms with Gasteiger partial charge in [-0.25, -0.2) is 0 Å². The largest absolute Gasteiger partial charge is 0.357 e. The highest BCUT2D eigenvalue weighted by atomic mass is 127. The Bertz CT molecular complexity index is 734. The number of aryl methyl sites for hydroxylation is 1. The van der Waals surface area contributed by atoms with Crippen LogP contribution in [0.25, 0.3) is 0 Å². The minimum atomic E-state index is 0. The molecule has 148 valence electrons. The summed E-state index contributed by atoms with van der Waals surface area (Å²) in [6.45, 7) is 5.84. The van der Waals surface area contributed by atoms with Crippen LogP contribution in [0.5, 0.6) is 0 Å². The van der Waals surface area contributed by atoms with Crippen LogP contribution < -0.4 is 5.32 Å². The van der Waals surface area contributed by atoms with Gasteiger partial charge in [0.15, 0.2) is 5.96 Å². The van der Waals surface area contributed by atoms with Crippen LogP contribution in [0, 0.1) is 0 Å². The summed E-state index contributed by atoms with van der Waals surface area (Å²) in [5.74, 6) is 2.52. The van der Waals surface area contributed by atoms with E-state index in [9.17, 15) is 0 Å². The number of nitrogens with zero attached hydrogens (tertiary/aromatic N) is 4. The molecule has 1 aliphatic rings. The second-order valence-electron chi connectivity index (χ2n) is 6.42. The van der Waals surface area contributed by atoms with Crippen molar-refractivity contribution in [3.63, 3.8) is 0 Å². The molecule has 1 unspecified atom stereocenters. The fourth-order valence-corrected chi connectivity index (χ4v) is 4.02. The van der Waals surface area contributed by atoms with Crippen LogP contribution in [-0.4, -0.2) is 52.6 Å². The summed E-state index contributed by atoms with van der Waals surface area (Å²) in [4.78, 5) is 8.42. The van der Waals surface area contributed by atoms with Gasteiger partial charge in [0.1, 0.15) is 0 Å². The number of aliphatic imine (C=N–C) groups is 1. The second-order valence-corrected chi connectivity index (χ2v) is 8.02. The van der Waals surface area contributed by atoms with Gasteiger partial charge in [-0.15, -0.1) is 35.7 Å². The molecule has 1 aliphatic heterocycles. The van der Waals surface area contributed by atoms with E-state index < -0.39 is 0 Å². The quantitative estimate of drug-likeness (QED) is 0.204. The summed E-state index contributed by atoms with van der Waals surface area (Å²) in [7, 11) is 1.97. The van der Waals surface area contributed by atoms with Gasteiger partial charge in [-0.3, -0.25) is 9.67 Å². The van der Waals surface area contributed by atoms with E-state index in [2.05, 4.69) is 40.6 Å². The molecule has 5 nitrogen and oxygen atoms in total. The number of guanidine groups is 1. The Morgan fingerprint density at radius 2 is 2.15 bits per heavy atom. The monoisotopic (exact) mass is 519 g/mol. The third-order valence-electron chi connectivity index (χ3n) is 4.45. The fourth-order valence-electron chi connectivity index (χ4n) is 3.15. The molecule has 0 saturated carbocycles. The lowest BCUT2D eigenvalue weighted by Gasteiger charge is -2.21. The maximum absolute atomic E-state index is 5.93. The number of rotatable bonds is 6. The predicted octanol–water partition coefficient (Wildman–Crippen LogP) is 4.24. The Morgan fingerprint density at radius 1 is 1.37 bits per heavy atom. The predicted molar refractivity (Wildman–Crippen MR) is 126 cm³/mol. The molecule has 27 heavy (non-hydrogen) atoms. The van der Waals surface area contributed by atoms with Crippen molar-refractivity contribution in [1.29, 1.82) is 0 Å². The number of nitrogens with one attached hydrogen (secondary N) is 1. The van der Waals surface area contributed by atoms with Gasteiger partial charge < -0.3 is 10.2 Å². The smallest absolute Gasteiger partial charge is 0.193 e. The summed E-state index contributed by atoms with van der Waals surface area (Å²) in [5.41, 5.74) is 1.32. The van der Waals surface area contributed by atoms with E-state index in [0.29, 0.717) is 5.92 Å². The zero-order chi connectivity index (χ0) is 18.4. The van der Waals surface area contributed by atoms with E-state index in [4.69, 9.17) is 16.6 Å². The van der Waals surface area contributed by atoms with E-state index in [-0.39, 0.29) is 24.0 Å². The highest BCUT2D eigenvalue weighted by Crippen LogP contribution is 2.26. The number of likely N-dealkylation sites (tertiary alicyclic amines) is 1. The first kappa shape index (κ1) is 22.4. The topological polar surface area (TPSA) is 45.5 Å². The van der Waals surface area contributed by atoms with Crippen molar-refractivity contribution in [2.75, 3.05) is 31.9 Å². The second kappa shape index (κ2) is 11.2. The van der Waals surface area contributed by atoms with Gasteiger partial charge in [0.2, 0.25) is 0 Å². The molecule has 3 rings (SSSR count). The van der Waals surface area contributed by atoms with Gasteiger partial charge in [0.25, 0.3) is 0 Å². The zero-order valence-corrected chi connectivity index (χ0v) is 19.7. The standard InChI is InChI=1S/C19H26ClN5S.HI/c1-3-21-19(22-9-11-26-18-6-4-17(20)5-7-18)25-10-8-15(14-25)16-12-23-24(2)13-16;/h4-7,12-13,15H,3,8-11,14H2,1-2H3,(H,21,22);1H. The molecule has 0 amide bonds. The molecule has 1 N–H and O–H groups in total. The van der Waals surface area contributed by atoms with Gasteiger partial charge in [-0.2, -0.15) is 5.10 Å². The van der Waals surface area contributed by atoms with Gasteiger partial charge in [0, 0.05) is 54.5 Å². The summed E-state index contributed by atoms with van der Waals surface area (Å²) < 4.78 is 1.88. The van der Waals surface area contributed by atoms with Gasteiger partial charge in [0.05, 0.1) is 12.7 Å². The molecule has 2 heterocycles. The number of thioether (sulfide) groups is 1. The molecule has 2 aromatic rings. The Balaban J connectivity index is 0.00000261. The van der Waals surface area contributed by atoms with Crippen LogP contribution in [0.1, 0.15) is 24.8 Å². The molecule has 1 atom stereocenters. The highest BCUT2D eigenvalue weighted by molar-refractivity contribution is 14.0. The Morgan fingerprint density at radius 3 is 2.81 bits per heavy atom. The van der Waals surface area contributed by atoms with Gasteiger partial charge in [-0.05, 0) is 43.2 Å². The molecule has 1 aromatic carbocycles. The van der Waals surface area contributed by atoms with Crippen molar-refractivity contribution in [3.05, 3.63) is 47.2 Å². The van der Waals surface area contributed by atoms with E-state index >= 15 is 0 Å². The molecule has 8 heteroatoms. The summed E-state index contributed by atoms with van der Waals surface area (Å²) in [6, 6.07) is 7.97. The van der Waals surface area contributed by atoms with Crippen LogP contribution in [0.3, 0.4) is 0 Å². The summed E-state index contributed by atoms with van der Waals surface area (Å²) in [6.07, 6.45) is 5.26. The molecule has 0 aliphatic carbocycles. The first-order valence-corrected chi connectivity index (χ1v) is 10.4. The molecular weight excluding hydrogens is 493 g/mol. The normalized spacial score (nSPS) is 17.1. The Hall–Kier alpha value is -0.930. The minimum absolute atomic E-state index is 0. The van der Waals surface area contributed by atoms with Crippen LogP contribution in [0.2, 0.25) is 5.02 Å².